The third-order valence-corrected chi connectivity index (χ3v) is 5.89. The minimum Gasteiger partial charge on any atom is -0.296 e. The zero-order valence-electron chi connectivity index (χ0n) is 16.6. The average Bonchev–Trinajstić information content (AvgIpc) is 2.93. The number of hydrogen-bond donors (Lipinski definition) is 0. The second-order valence-electron chi connectivity index (χ2n) is 7.92. The van der Waals surface area contributed by atoms with Crippen molar-refractivity contribution in [2.75, 3.05) is 0 Å². The Morgan fingerprint density at radius 1 is 1.19 bits per heavy atom. The second kappa shape index (κ2) is 7.28. The minimum atomic E-state index is -0.00492. The number of thiophene rings is 1. The van der Waals surface area contributed by atoms with Crippen LogP contribution in [0.4, 0.5) is 0 Å². The van der Waals surface area contributed by atoms with Crippen molar-refractivity contribution in [2.24, 2.45) is 0 Å². The number of fused-ring (bicyclic) bond motifs is 1. The highest BCUT2D eigenvalue weighted by Crippen LogP contribution is 2.36. The van der Waals surface area contributed by atoms with Crippen molar-refractivity contribution < 1.29 is 0 Å². The lowest BCUT2D eigenvalue weighted by Gasteiger charge is -2.19. The molecule has 2 heterocycles. The Labute approximate surface area is 164 Å². The van der Waals surface area contributed by atoms with Crippen LogP contribution in [0.3, 0.4) is 0 Å². The predicted molar refractivity (Wildman–Crippen MR) is 112 cm³/mol. The molecular formula is C22H25N3OS. The predicted octanol–water partition coefficient (Wildman–Crippen LogP) is 5.34. The SMILES string of the molecule is Cc1sc2nc(C)n(CCCC#N)c(=O)c2c1-c1ccc(C(C)(C)C)cc1. The summed E-state index contributed by atoms with van der Waals surface area (Å²) in [6, 6.07) is 10.6. The smallest absolute Gasteiger partial charge is 0.262 e. The Morgan fingerprint density at radius 2 is 1.85 bits per heavy atom. The first-order chi connectivity index (χ1) is 12.7. The fourth-order valence-corrected chi connectivity index (χ4v) is 4.44. The van der Waals surface area contributed by atoms with Crippen LogP contribution in [0, 0.1) is 25.2 Å². The van der Waals surface area contributed by atoms with E-state index in [1.165, 1.54) is 5.56 Å². The van der Waals surface area contributed by atoms with Crippen molar-refractivity contribution in [2.45, 2.75) is 59.4 Å². The normalized spacial score (nSPS) is 11.7. The highest BCUT2D eigenvalue weighted by Gasteiger charge is 2.19. The molecule has 0 spiro atoms. The summed E-state index contributed by atoms with van der Waals surface area (Å²) in [5, 5.41) is 9.48. The first-order valence-corrected chi connectivity index (χ1v) is 10.0. The molecule has 27 heavy (non-hydrogen) atoms. The van der Waals surface area contributed by atoms with Crippen molar-refractivity contribution in [1.82, 2.24) is 9.55 Å². The Bertz CT molecular complexity index is 1080. The van der Waals surface area contributed by atoms with Crippen LogP contribution in [0.1, 0.15) is 49.9 Å². The Hall–Kier alpha value is -2.45. The van der Waals surface area contributed by atoms with Gasteiger partial charge in [-0.15, -0.1) is 11.3 Å². The van der Waals surface area contributed by atoms with Gasteiger partial charge in [0.1, 0.15) is 10.7 Å². The molecule has 5 heteroatoms. The molecule has 0 saturated carbocycles. The van der Waals surface area contributed by atoms with Gasteiger partial charge in [-0.3, -0.25) is 9.36 Å². The first kappa shape index (κ1) is 19.3. The summed E-state index contributed by atoms with van der Waals surface area (Å²) in [6.07, 6.45) is 1.09. The van der Waals surface area contributed by atoms with E-state index in [0.717, 1.165) is 20.8 Å². The van der Waals surface area contributed by atoms with E-state index >= 15 is 0 Å². The van der Waals surface area contributed by atoms with Crippen molar-refractivity contribution in [3.63, 3.8) is 0 Å². The number of benzene rings is 1. The third-order valence-electron chi connectivity index (χ3n) is 4.89. The van der Waals surface area contributed by atoms with Gasteiger partial charge in [0, 0.05) is 23.4 Å². The van der Waals surface area contributed by atoms with E-state index in [4.69, 9.17) is 5.26 Å². The van der Waals surface area contributed by atoms with Crippen LogP contribution in [-0.2, 0) is 12.0 Å². The largest absolute Gasteiger partial charge is 0.296 e. The number of nitriles is 1. The zero-order chi connectivity index (χ0) is 19.8. The molecule has 0 unspecified atom stereocenters. The van der Waals surface area contributed by atoms with Gasteiger partial charge >= 0.3 is 0 Å². The van der Waals surface area contributed by atoms with E-state index in [9.17, 15) is 4.79 Å². The monoisotopic (exact) mass is 379 g/mol. The van der Waals surface area contributed by atoms with Gasteiger partial charge in [-0.05, 0) is 36.8 Å². The summed E-state index contributed by atoms with van der Waals surface area (Å²) in [5.41, 5.74) is 3.40. The summed E-state index contributed by atoms with van der Waals surface area (Å²) >= 11 is 1.57. The minimum absolute atomic E-state index is 0.00492. The molecule has 0 amide bonds. The van der Waals surface area contributed by atoms with E-state index in [2.05, 4.69) is 56.1 Å². The van der Waals surface area contributed by atoms with Gasteiger partial charge in [0.05, 0.1) is 11.5 Å². The van der Waals surface area contributed by atoms with Crippen LogP contribution < -0.4 is 5.56 Å². The molecule has 2 aromatic heterocycles. The van der Waals surface area contributed by atoms with Gasteiger partial charge in [-0.2, -0.15) is 5.26 Å². The molecule has 3 aromatic rings. The number of unbranched alkanes of at least 4 members (excludes halogenated alkanes) is 1. The Morgan fingerprint density at radius 3 is 2.44 bits per heavy atom. The van der Waals surface area contributed by atoms with Crippen molar-refractivity contribution in [3.05, 3.63) is 50.9 Å². The maximum Gasteiger partial charge on any atom is 0.262 e. The molecule has 0 fully saturated rings. The van der Waals surface area contributed by atoms with Crippen molar-refractivity contribution in [1.29, 1.82) is 5.26 Å². The molecule has 1 aromatic carbocycles. The molecular weight excluding hydrogens is 354 g/mol. The lowest BCUT2D eigenvalue weighted by atomic mass is 9.86. The van der Waals surface area contributed by atoms with E-state index in [1.807, 2.05) is 13.8 Å². The Balaban J connectivity index is 2.16. The van der Waals surface area contributed by atoms with E-state index in [1.54, 1.807) is 15.9 Å². The molecule has 4 nitrogen and oxygen atoms in total. The fraction of sp³-hybridized carbons (Fsp3) is 0.409. The summed E-state index contributed by atoms with van der Waals surface area (Å²) in [5.74, 6) is 0.710. The molecule has 0 bridgehead atoms. The van der Waals surface area contributed by atoms with Gasteiger partial charge in [0.15, 0.2) is 0 Å². The summed E-state index contributed by atoms with van der Waals surface area (Å²) in [7, 11) is 0. The van der Waals surface area contributed by atoms with Crippen molar-refractivity contribution in [3.8, 4) is 17.2 Å². The summed E-state index contributed by atoms with van der Waals surface area (Å²) < 4.78 is 1.71. The maximum atomic E-state index is 13.2. The molecule has 0 saturated heterocycles. The van der Waals surface area contributed by atoms with Gasteiger partial charge in [-0.25, -0.2) is 4.98 Å². The molecule has 0 N–H and O–H groups in total. The quantitative estimate of drug-likeness (QED) is 0.575. The first-order valence-electron chi connectivity index (χ1n) is 9.22. The van der Waals surface area contributed by atoms with Gasteiger partial charge in [-0.1, -0.05) is 45.0 Å². The van der Waals surface area contributed by atoms with Gasteiger partial charge in [0.25, 0.3) is 5.56 Å². The molecule has 3 rings (SSSR count). The number of rotatable bonds is 4. The zero-order valence-corrected chi connectivity index (χ0v) is 17.4. The van der Waals surface area contributed by atoms with E-state index < -0.39 is 0 Å². The van der Waals surface area contributed by atoms with Crippen LogP contribution in [-0.4, -0.2) is 9.55 Å². The summed E-state index contributed by atoms with van der Waals surface area (Å²) in [4.78, 5) is 19.8. The second-order valence-corrected chi connectivity index (χ2v) is 9.12. The van der Waals surface area contributed by atoms with E-state index in [-0.39, 0.29) is 11.0 Å². The standard InChI is InChI=1S/C22H25N3OS/c1-14-18(16-8-10-17(11-9-16)22(3,4)5)19-20(27-14)24-15(2)25(21(19)26)13-7-6-12-23/h8-11H,6-7,13H2,1-5H3. The van der Waals surface area contributed by atoms with E-state index in [0.29, 0.717) is 30.6 Å². The van der Waals surface area contributed by atoms with Crippen molar-refractivity contribution >= 4 is 21.6 Å². The number of aryl methyl sites for hydroxylation is 2. The average molecular weight is 380 g/mol. The molecule has 0 atom stereocenters. The van der Waals surface area contributed by atoms with Crippen LogP contribution in [0.2, 0.25) is 0 Å². The number of aromatic nitrogens is 2. The maximum absolute atomic E-state index is 13.2. The summed E-state index contributed by atoms with van der Waals surface area (Å²) in [6.45, 7) is 11.0. The topological polar surface area (TPSA) is 58.7 Å². The van der Waals surface area contributed by atoms with Crippen LogP contribution in [0.15, 0.2) is 29.1 Å². The Kier molecular flexibility index (Phi) is 5.21. The number of hydrogen-bond acceptors (Lipinski definition) is 4. The van der Waals surface area contributed by atoms with Gasteiger partial charge in [0.2, 0.25) is 0 Å². The molecule has 0 aliphatic rings. The highest BCUT2D eigenvalue weighted by molar-refractivity contribution is 7.19. The van der Waals surface area contributed by atoms with Crippen LogP contribution in [0.5, 0.6) is 0 Å². The molecule has 0 aliphatic heterocycles. The third kappa shape index (κ3) is 3.68. The number of nitrogens with zero attached hydrogens (tertiary/aromatic N) is 3. The van der Waals surface area contributed by atoms with Crippen LogP contribution >= 0.6 is 11.3 Å². The molecule has 0 aliphatic carbocycles. The van der Waals surface area contributed by atoms with Crippen LogP contribution in [0.25, 0.3) is 21.3 Å². The molecule has 140 valence electrons. The highest BCUT2D eigenvalue weighted by atomic mass is 32.1. The fourth-order valence-electron chi connectivity index (χ4n) is 3.36. The molecule has 0 radical (unpaired) electrons. The lowest BCUT2D eigenvalue weighted by molar-refractivity contribution is 0.590. The lowest BCUT2D eigenvalue weighted by Crippen LogP contribution is -2.23. The van der Waals surface area contributed by atoms with Gasteiger partial charge < -0.3 is 0 Å².